The molecule has 0 fully saturated rings. The van der Waals surface area contributed by atoms with Crippen LogP contribution in [0, 0.1) is 0 Å². The predicted octanol–water partition coefficient (Wildman–Crippen LogP) is -2.34. The van der Waals surface area contributed by atoms with Crippen molar-refractivity contribution in [3.8, 4) is 5.75 Å². The predicted molar refractivity (Wildman–Crippen MR) is 166 cm³/mol. The number of amides is 3. The molecule has 4 atom stereocenters. The summed E-state index contributed by atoms with van der Waals surface area (Å²) < 4.78 is 0. The normalized spacial score (nSPS) is 13.4. The molecule has 43 heavy (non-hydrogen) atoms. The van der Waals surface area contributed by atoms with Crippen LogP contribution in [0.15, 0.2) is 34.3 Å². The number of aliphatic carboxylic acids is 1. The van der Waals surface area contributed by atoms with Crippen LogP contribution < -0.4 is 44.6 Å². The van der Waals surface area contributed by atoms with Crippen LogP contribution in [0.5, 0.6) is 5.75 Å². The van der Waals surface area contributed by atoms with Crippen LogP contribution in [0.1, 0.15) is 37.7 Å². The maximum atomic E-state index is 13.5. The van der Waals surface area contributed by atoms with Gasteiger partial charge in [0, 0.05) is 19.5 Å². The molecule has 0 saturated heterocycles. The van der Waals surface area contributed by atoms with Gasteiger partial charge in [-0.05, 0) is 61.8 Å². The summed E-state index contributed by atoms with van der Waals surface area (Å²) in [5.41, 5.74) is 27.9. The number of rotatable bonds is 20. The first-order chi connectivity index (χ1) is 20.3. The first-order valence-corrected chi connectivity index (χ1v) is 15.0. The first-order valence-electron chi connectivity index (χ1n) is 13.6. The van der Waals surface area contributed by atoms with Gasteiger partial charge in [-0.3, -0.25) is 24.4 Å². The number of phenols is 1. The number of hydrogen-bond donors (Lipinski definition) is 10. The molecule has 0 spiro atoms. The molecule has 4 unspecified atom stereocenters. The average molecular weight is 625 g/mol. The number of benzene rings is 1. The van der Waals surface area contributed by atoms with Gasteiger partial charge in [-0.1, -0.05) is 12.1 Å². The largest absolute Gasteiger partial charge is 0.508 e. The summed E-state index contributed by atoms with van der Waals surface area (Å²) in [5, 5.41) is 27.0. The van der Waals surface area contributed by atoms with Crippen LogP contribution in [-0.4, -0.2) is 95.1 Å². The van der Waals surface area contributed by atoms with E-state index in [1.165, 1.54) is 23.9 Å². The van der Waals surface area contributed by atoms with Crippen LogP contribution in [-0.2, 0) is 25.6 Å². The first kappa shape index (κ1) is 36.8. The number of guanidine groups is 2. The molecule has 240 valence electrons. The highest BCUT2D eigenvalue weighted by atomic mass is 32.2. The second kappa shape index (κ2) is 19.8. The number of carbonyl (C=O) groups excluding carboxylic acids is 3. The van der Waals surface area contributed by atoms with Gasteiger partial charge in [0.1, 0.15) is 23.9 Å². The van der Waals surface area contributed by atoms with Gasteiger partial charge in [-0.2, -0.15) is 11.8 Å². The summed E-state index contributed by atoms with van der Waals surface area (Å²) in [6.45, 7) is 0.355. The molecule has 0 aliphatic rings. The van der Waals surface area contributed by atoms with E-state index in [1.807, 2.05) is 6.26 Å². The van der Waals surface area contributed by atoms with Crippen LogP contribution in [0.2, 0.25) is 0 Å². The van der Waals surface area contributed by atoms with Crippen molar-refractivity contribution in [1.82, 2.24) is 16.0 Å². The second-order valence-electron chi connectivity index (χ2n) is 9.68. The SMILES string of the molecule is CSCCC(N)C(=O)NC(CCCN=C(N)N)C(=O)NC(Cc1ccc(O)cc1)C(=O)NC(CCCN=C(N)N)C(=O)O. The lowest BCUT2D eigenvalue weighted by atomic mass is 10.0. The molecule has 15 N–H and O–H groups in total. The van der Waals surface area contributed by atoms with Crippen molar-refractivity contribution in [2.75, 3.05) is 25.1 Å². The van der Waals surface area contributed by atoms with Crippen molar-refractivity contribution in [2.45, 2.75) is 62.7 Å². The molecule has 0 saturated carbocycles. The zero-order chi connectivity index (χ0) is 32.4. The average Bonchev–Trinajstić information content (AvgIpc) is 2.94. The Morgan fingerprint density at radius 2 is 1.28 bits per heavy atom. The van der Waals surface area contributed by atoms with Crippen molar-refractivity contribution in [1.29, 1.82) is 0 Å². The Morgan fingerprint density at radius 1 is 0.791 bits per heavy atom. The van der Waals surface area contributed by atoms with E-state index in [0.717, 1.165) is 0 Å². The Bertz CT molecular complexity index is 1110. The van der Waals surface area contributed by atoms with Crippen molar-refractivity contribution in [3.63, 3.8) is 0 Å². The van der Waals surface area contributed by atoms with Gasteiger partial charge >= 0.3 is 5.97 Å². The van der Waals surface area contributed by atoms with Gasteiger partial charge in [-0.15, -0.1) is 0 Å². The quantitative estimate of drug-likeness (QED) is 0.0415. The molecule has 0 radical (unpaired) electrons. The van der Waals surface area contributed by atoms with E-state index >= 15 is 0 Å². The van der Waals surface area contributed by atoms with Crippen molar-refractivity contribution < 1.29 is 29.4 Å². The minimum Gasteiger partial charge on any atom is -0.508 e. The Balaban J connectivity index is 3.17. The minimum absolute atomic E-state index is 0.00173. The van der Waals surface area contributed by atoms with Gasteiger partial charge in [0.05, 0.1) is 6.04 Å². The standard InChI is InChI=1S/C26H44N10O6S/c1-43-13-10-17(27)21(38)34-18(4-2-11-32-25(28)29)22(39)36-20(14-15-6-8-16(37)9-7-15)23(40)35-19(24(41)42)5-3-12-33-26(30)31/h6-9,17-20,37H,2-5,10-14,27H2,1H3,(H,34,38)(H,35,40)(H,36,39)(H,41,42)(H4,28,29,32)(H4,30,31,33). The number of carboxylic acid groups (broad SMARTS) is 1. The van der Waals surface area contributed by atoms with Gasteiger partial charge < -0.3 is 54.8 Å². The molecule has 0 aliphatic heterocycles. The zero-order valence-corrected chi connectivity index (χ0v) is 25.0. The maximum absolute atomic E-state index is 13.5. The molecule has 3 amide bonds. The van der Waals surface area contributed by atoms with E-state index in [1.54, 1.807) is 12.1 Å². The molecule has 0 bridgehead atoms. The van der Waals surface area contributed by atoms with Crippen molar-refractivity contribution >= 4 is 47.4 Å². The van der Waals surface area contributed by atoms with E-state index in [2.05, 4.69) is 25.9 Å². The molecule has 1 rings (SSSR count). The Kier molecular flexibility index (Phi) is 16.9. The van der Waals surface area contributed by atoms with E-state index in [0.29, 0.717) is 24.2 Å². The number of thioether (sulfide) groups is 1. The number of phenolic OH excluding ortho intramolecular Hbond substituents is 1. The molecule has 0 aliphatic carbocycles. The van der Waals surface area contributed by atoms with Gasteiger partial charge in [0.15, 0.2) is 11.9 Å². The van der Waals surface area contributed by atoms with Gasteiger partial charge in [0.2, 0.25) is 17.7 Å². The highest BCUT2D eigenvalue weighted by molar-refractivity contribution is 7.98. The number of aliphatic imine (C=N–C) groups is 2. The summed E-state index contributed by atoms with van der Waals surface area (Å²) in [6.07, 6.45) is 2.96. The summed E-state index contributed by atoms with van der Waals surface area (Å²) in [6, 6.07) is 1.48. The number of nitrogens with two attached hydrogens (primary N) is 5. The Labute approximate surface area is 254 Å². The zero-order valence-electron chi connectivity index (χ0n) is 24.2. The summed E-state index contributed by atoms with van der Waals surface area (Å²) in [7, 11) is 0. The third-order valence-corrected chi connectivity index (χ3v) is 6.76. The van der Waals surface area contributed by atoms with Crippen LogP contribution in [0.3, 0.4) is 0 Å². The second-order valence-corrected chi connectivity index (χ2v) is 10.7. The molecular formula is C26H44N10O6S. The topological polar surface area (TPSA) is 300 Å². The van der Waals surface area contributed by atoms with Gasteiger partial charge in [-0.25, -0.2) is 4.79 Å². The summed E-state index contributed by atoms with van der Waals surface area (Å²) in [4.78, 5) is 59.1. The molecule has 17 heteroatoms. The van der Waals surface area contributed by atoms with Crippen LogP contribution >= 0.6 is 11.8 Å². The number of carboxylic acids is 1. The van der Waals surface area contributed by atoms with E-state index in [4.69, 9.17) is 28.7 Å². The minimum atomic E-state index is -1.29. The molecule has 0 heterocycles. The fourth-order valence-corrected chi connectivity index (χ4v) is 4.30. The van der Waals surface area contributed by atoms with Crippen LogP contribution in [0.4, 0.5) is 0 Å². The highest BCUT2D eigenvalue weighted by Gasteiger charge is 2.30. The van der Waals surface area contributed by atoms with Crippen LogP contribution in [0.25, 0.3) is 0 Å². The van der Waals surface area contributed by atoms with E-state index in [-0.39, 0.29) is 56.4 Å². The summed E-state index contributed by atoms with van der Waals surface area (Å²) >= 11 is 1.52. The summed E-state index contributed by atoms with van der Waals surface area (Å²) in [5.74, 6) is -2.90. The lowest BCUT2D eigenvalue weighted by molar-refractivity contribution is -0.142. The number of nitrogens with zero attached hydrogens (tertiary/aromatic N) is 2. The third-order valence-electron chi connectivity index (χ3n) is 6.12. The third kappa shape index (κ3) is 15.5. The van der Waals surface area contributed by atoms with Gasteiger partial charge in [0.25, 0.3) is 0 Å². The number of nitrogens with one attached hydrogen (secondary N) is 3. The molecule has 1 aromatic rings. The smallest absolute Gasteiger partial charge is 0.326 e. The van der Waals surface area contributed by atoms with Crippen molar-refractivity contribution in [3.05, 3.63) is 29.8 Å². The van der Waals surface area contributed by atoms with Crippen molar-refractivity contribution in [2.24, 2.45) is 38.7 Å². The highest BCUT2D eigenvalue weighted by Crippen LogP contribution is 2.13. The Hall–Kier alpha value is -4.25. The number of aromatic hydroxyl groups is 1. The molecule has 16 nitrogen and oxygen atoms in total. The number of carbonyl (C=O) groups is 4. The lowest BCUT2D eigenvalue weighted by Crippen LogP contribution is -2.57. The number of hydrogen-bond acceptors (Lipinski definition) is 9. The monoisotopic (exact) mass is 624 g/mol. The molecular weight excluding hydrogens is 580 g/mol. The molecule has 1 aromatic carbocycles. The fourth-order valence-electron chi connectivity index (χ4n) is 3.81. The molecule has 0 aromatic heterocycles. The maximum Gasteiger partial charge on any atom is 0.326 e. The Morgan fingerprint density at radius 3 is 1.79 bits per heavy atom. The fraction of sp³-hybridized carbons (Fsp3) is 0.538. The van der Waals surface area contributed by atoms with E-state index < -0.39 is 47.9 Å². The lowest BCUT2D eigenvalue weighted by Gasteiger charge is -2.25. The van der Waals surface area contributed by atoms with E-state index in [9.17, 15) is 29.4 Å².